The Hall–Kier alpha value is -1.02. The van der Waals surface area contributed by atoms with Crippen LogP contribution in [0.4, 0.5) is 0 Å². The van der Waals surface area contributed by atoms with Crippen LogP contribution in [0.2, 0.25) is 0 Å². The second-order valence-electron chi connectivity index (χ2n) is 5.60. The van der Waals surface area contributed by atoms with Crippen molar-refractivity contribution in [1.29, 1.82) is 0 Å². The summed E-state index contributed by atoms with van der Waals surface area (Å²) in [5, 5.41) is 0. The van der Waals surface area contributed by atoms with Crippen molar-refractivity contribution in [2.24, 2.45) is 0 Å². The number of benzene rings is 1. The normalized spacial score (nSPS) is 10.6. The van der Waals surface area contributed by atoms with Gasteiger partial charge in [-0.2, -0.15) is 0 Å². The topological polar surface area (TPSA) is 44.8 Å². The molecular formula is C15H24INO4. The standard InChI is InChI=1S/C15H24NO4.HI/c1-16(2,3)8-7-12(17)11-9-13(18-4)15(20-6)14(10-11)19-5;/h9-10H,7-8H2,1-6H3;1H/q+1;/p-1. The molecular weight excluding hydrogens is 385 g/mol. The molecule has 0 saturated carbocycles. The van der Waals surface area contributed by atoms with Gasteiger partial charge in [0.2, 0.25) is 5.75 Å². The Morgan fingerprint density at radius 2 is 1.48 bits per heavy atom. The largest absolute Gasteiger partial charge is 1.00 e. The highest BCUT2D eigenvalue weighted by Gasteiger charge is 2.18. The number of carbonyl (C=O) groups excluding carboxylic acids is 1. The molecule has 0 aromatic heterocycles. The van der Waals surface area contributed by atoms with Crippen LogP contribution in [0.15, 0.2) is 12.1 Å². The third kappa shape index (κ3) is 5.70. The maximum Gasteiger partial charge on any atom is 0.203 e. The van der Waals surface area contributed by atoms with Crippen LogP contribution in [0.5, 0.6) is 17.2 Å². The summed E-state index contributed by atoms with van der Waals surface area (Å²) in [6, 6.07) is 3.39. The zero-order valence-corrected chi connectivity index (χ0v) is 15.7. The molecule has 0 N–H and O–H groups in total. The van der Waals surface area contributed by atoms with E-state index in [4.69, 9.17) is 14.2 Å². The molecule has 0 aliphatic heterocycles. The first-order valence-corrected chi connectivity index (χ1v) is 6.46. The summed E-state index contributed by atoms with van der Waals surface area (Å²) in [5.41, 5.74) is 0.577. The van der Waals surface area contributed by atoms with Crippen molar-refractivity contribution < 1.29 is 47.5 Å². The number of halogens is 1. The van der Waals surface area contributed by atoms with Crippen LogP contribution in [0, 0.1) is 0 Å². The number of Topliss-reactive ketones (excluding diaryl/α,β-unsaturated/α-hetero) is 1. The number of nitrogens with zero attached hydrogens (tertiary/aromatic N) is 1. The molecule has 0 aliphatic rings. The van der Waals surface area contributed by atoms with Crippen molar-refractivity contribution in [3.05, 3.63) is 17.7 Å². The first-order valence-electron chi connectivity index (χ1n) is 6.46. The third-order valence-corrected chi connectivity index (χ3v) is 3.00. The van der Waals surface area contributed by atoms with E-state index in [1.807, 2.05) is 0 Å². The van der Waals surface area contributed by atoms with Crippen molar-refractivity contribution in [1.82, 2.24) is 0 Å². The van der Waals surface area contributed by atoms with E-state index < -0.39 is 0 Å². The predicted octanol–water partition coefficient (Wildman–Crippen LogP) is -1.00. The number of hydrogen-bond donors (Lipinski definition) is 0. The van der Waals surface area contributed by atoms with Crippen molar-refractivity contribution >= 4 is 5.78 Å². The number of ether oxygens (including phenoxy) is 3. The van der Waals surface area contributed by atoms with Gasteiger partial charge in [0.1, 0.15) is 0 Å². The summed E-state index contributed by atoms with van der Waals surface area (Å²) in [5.74, 6) is 1.57. The van der Waals surface area contributed by atoms with E-state index in [-0.39, 0.29) is 29.8 Å². The maximum atomic E-state index is 12.3. The molecule has 1 aromatic rings. The van der Waals surface area contributed by atoms with E-state index in [0.717, 1.165) is 11.0 Å². The Labute approximate surface area is 143 Å². The lowest BCUT2D eigenvalue weighted by atomic mass is 10.1. The van der Waals surface area contributed by atoms with E-state index in [1.54, 1.807) is 19.2 Å². The van der Waals surface area contributed by atoms with E-state index >= 15 is 0 Å². The number of quaternary nitrogens is 1. The van der Waals surface area contributed by atoms with Gasteiger partial charge in [-0.1, -0.05) is 0 Å². The van der Waals surface area contributed by atoms with Gasteiger partial charge in [-0.3, -0.25) is 4.79 Å². The summed E-state index contributed by atoms with van der Waals surface area (Å²) in [4.78, 5) is 12.3. The zero-order chi connectivity index (χ0) is 15.3. The molecule has 0 spiro atoms. The average molecular weight is 409 g/mol. The monoisotopic (exact) mass is 409 g/mol. The molecule has 0 amide bonds. The molecule has 0 aliphatic carbocycles. The molecule has 0 radical (unpaired) electrons. The Morgan fingerprint density at radius 1 is 1.00 bits per heavy atom. The minimum atomic E-state index is 0. The SMILES string of the molecule is COc1cc(C(=O)CC[N+](C)(C)C)cc(OC)c1OC.[I-]. The number of rotatable bonds is 7. The maximum absolute atomic E-state index is 12.3. The number of carbonyl (C=O) groups is 1. The summed E-state index contributed by atoms with van der Waals surface area (Å²) in [6.07, 6.45) is 0.474. The van der Waals surface area contributed by atoms with Crippen LogP contribution in [0.25, 0.3) is 0 Å². The second kappa shape index (κ2) is 8.43. The molecule has 0 fully saturated rings. The Kier molecular flexibility index (Phi) is 8.02. The molecule has 0 atom stereocenters. The lowest BCUT2D eigenvalue weighted by Crippen LogP contribution is -3.00. The van der Waals surface area contributed by atoms with Gasteiger partial charge in [0.15, 0.2) is 17.3 Å². The van der Waals surface area contributed by atoms with Crippen molar-refractivity contribution in [3.8, 4) is 17.2 Å². The summed E-state index contributed by atoms with van der Waals surface area (Å²) in [7, 11) is 10.8. The smallest absolute Gasteiger partial charge is 0.203 e. The quantitative estimate of drug-likeness (QED) is 0.329. The van der Waals surface area contributed by atoms with E-state index in [1.165, 1.54) is 14.2 Å². The first kappa shape index (κ1) is 20.0. The van der Waals surface area contributed by atoms with Crippen molar-refractivity contribution in [2.45, 2.75) is 6.42 Å². The van der Waals surface area contributed by atoms with Gasteiger partial charge in [0.25, 0.3) is 0 Å². The number of ketones is 1. The fourth-order valence-electron chi connectivity index (χ4n) is 1.82. The van der Waals surface area contributed by atoms with Crippen molar-refractivity contribution in [2.75, 3.05) is 49.0 Å². The second-order valence-corrected chi connectivity index (χ2v) is 5.60. The Morgan fingerprint density at radius 3 is 1.81 bits per heavy atom. The van der Waals surface area contributed by atoms with Crippen LogP contribution < -0.4 is 38.2 Å². The highest BCUT2D eigenvalue weighted by Crippen LogP contribution is 2.38. The molecule has 0 bridgehead atoms. The summed E-state index contributed by atoms with van der Waals surface area (Å²) < 4.78 is 16.5. The van der Waals surface area contributed by atoms with E-state index in [2.05, 4.69) is 21.1 Å². The summed E-state index contributed by atoms with van der Waals surface area (Å²) in [6.45, 7) is 0.773. The molecule has 5 nitrogen and oxygen atoms in total. The van der Waals surface area contributed by atoms with Crippen LogP contribution >= 0.6 is 0 Å². The molecule has 6 heteroatoms. The van der Waals surface area contributed by atoms with Crippen LogP contribution in [0.3, 0.4) is 0 Å². The van der Waals surface area contributed by atoms with Gasteiger partial charge >= 0.3 is 0 Å². The predicted molar refractivity (Wildman–Crippen MR) is 77.9 cm³/mol. The molecule has 1 rings (SSSR count). The van der Waals surface area contributed by atoms with E-state index in [0.29, 0.717) is 29.2 Å². The zero-order valence-electron chi connectivity index (χ0n) is 13.5. The van der Waals surface area contributed by atoms with Gasteiger partial charge in [0, 0.05) is 5.56 Å². The highest BCUT2D eigenvalue weighted by atomic mass is 127. The van der Waals surface area contributed by atoms with Gasteiger partial charge in [0.05, 0.1) is 55.4 Å². The fourth-order valence-corrected chi connectivity index (χ4v) is 1.82. The van der Waals surface area contributed by atoms with Crippen LogP contribution in [-0.2, 0) is 0 Å². The molecule has 0 heterocycles. The van der Waals surface area contributed by atoms with Crippen LogP contribution in [0.1, 0.15) is 16.8 Å². The molecule has 1 aromatic carbocycles. The average Bonchev–Trinajstić information content (AvgIpc) is 2.42. The lowest BCUT2D eigenvalue weighted by molar-refractivity contribution is -0.869. The molecule has 0 unspecified atom stereocenters. The van der Waals surface area contributed by atoms with Crippen LogP contribution in [-0.4, -0.2) is 59.3 Å². The number of methoxy groups -OCH3 is 3. The summed E-state index contributed by atoms with van der Waals surface area (Å²) >= 11 is 0. The van der Waals surface area contributed by atoms with Crippen molar-refractivity contribution in [3.63, 3.8) is 0 Å². The molecule has 21 heavy (non-hydrogen) atoms. The molecule has 120 valence electrons. The Bertz CT molecular complexity index is 458. The van der Waals surface area contributed by atoms with Gasteiger partial charge in [-0.25, -0.2) is 0 Å². The first-order chi connectivity index (χ1) is 9.32. The van der Waals surface area contributed by atoms with E-state index in [9.17, 15) is 4.79 Å². The lowest BCUT2D eigenvalue weighted by Gasteiger charge is -2.23. The van der Waals surface area contributed by atoms with Gasteiger partial charge < -0.3 is 42.7 Å². The van der Waals surface area contributed by atoms with Gasteiger partial charge in [-0.15, -0.1) is 0 Å². The minimum Gasteiger partial charge on any atom is -1.00 e. The minimum absolute atomic E-state index is 0. The fraction of sp³-hybridized carbons (Fsp3) is 0.533. The number of hydrogen-bond acceptors (Lipinski definition) is 4. The third-order valence-electron chi connectivity index (χ3n) is 3.00. The Balaban J connectivity index is 0.00000400. The van der Waals surface area contributed by atoms with Gasteiger partial charge in [-0.05, 0) is 12.1 Å². The highest BCUT2D eigenvalue weighted by molar-refractivity contribution is 5.97. The molecule has 0 saturated heterocycles.